The topological polar surface area (TPSA) is 98.5 Å². The Hall–Kier alpha value is -2.34. The van der Waals surface area contributed by atoms with Crippen molar-refractivity contribution in [3.63, 3.8) is 0 Å². The molecule has 0 heterocycles. The highest BCUT2D eigenvalue weighted by atomic mass is 35.5. The van der Waals surface area contributed by atoms with E-state index in [4.69, 9.17) is 17.3 Å². The monoisotopic (exact) mass is 282 g/mol. The highest BCUT2D eigenvalue weighted by molar-refractivity contribution is 6.32. The number of ether oxygens (including phenoxy) is 1. The van der Waals surface area contributed by atoms with Crippen LogP contribution in [-0.2, 0) is 14.3 Å². The summed E-state index contributed by atoms with van der Waals surface area (Å²) in [6.07, 6.45) is 2.58. The summed E-state index contributed by atoms with van der Waals surface area (Å²) < 4.78 is 4.58. The fourth-order valence-corrected chi connectivity index (χ4v) is 1.33. The quantitative estimate of drug-likeness (QED) is 0.638. The van der Waals surface area contributed by atoms with Gasteiger partial charge in [-0.15, -0.1) is 0 Å². The number of benzene rings is 1. The molecule has 0 aromatic heterocycles. The number of amides is 3. The fraction of sp³-hybridized carbons (Fsp3) is 0.0833. The van der Waals surface area contributed by atoms with E-state index in [9.17, 15) is 14.4 Å². The Morgan fingerprint density at radius 3 is 2.63 bits per heavy atom. The van der Waals surface area contributed by atoms with Crippen LogP contribution in [0.3, 0.4) is 0 Å². The minimum atomic E-state index is -1.01. The molecule has 0 aliphatic rings. The lowest BCUT2D eigenvalue weighted by atomic mass is 10.2. The van der Waals surface area contributed by atoms with Crippen LogP contribution in [-0.4, -0.2) is 24.5 Å². The van der Waals surface area contributed by atoms with Crippen molar-refractivity contribution in [1.82, 2.24) is 5.32 Å². The van der Waals surface area contributed by atoms with Crippen LogP contribution >= 0.6 is 11.6 Å². The molecule has 19 heavy (non-hydrogen) atoms. The van der Waals surface area contributed by atoms with Crippen molar-refractivity contribution < 1.29 is 19.1 Å². The molecule has 6 nitrogen and oxygen atoms in total. The Balaban J connectivity index is 2.46. The Bertz CT molecular complexity index is 528. The van der Waals surface area contributed by atoms with E-state index in [1.807, 2.05) is 0 Å². The maximum Gasteiger partial charge on any atom is 0.331 e. The summed E-state index contributed by atoms with van der Waals surface area (Å²) >= 11 is 5.87. The average Bonchev–Trinajstić information content (AvgIpc) is 2.34. The van der Waals surface area contributed by atoms with Crippen molar-refractivity contribution in [3.05, 3.63) is 40.9 Å². The molecule has 0 aliphatic heterocycles. The average molecular weight is 283 g/mol. The van der Waals surface area contributed by atoms with Crippen LogP contribution in [0, 0.1) is 0 Å². The molecule has 3 N–H and O–H groups in total. The summed E-state index contributed by atoms with van der Waals surface area (Å²) in [4.78, 5) is 32.5. The van der Waals surface area contributed by atoms with Gasteiger partial charge < -0.3 is 10.5 Å². The maximum absolute atomic E-state index is 11.3. The van der Waals surface area contributed by atoms with Gasteiger partial charge in [0.25, 0.3) is 5.91 Å². The Morgan fingerprint density at radius 1 is 1.32 bits per heavy atom. The molecule has 3 amide bonds. The van der Waals surface area contributed by atoms with Crippen LogP contribution in [0.25, 0.3) is 6.08 Å². The molecular formula is C12H11ClN2O4. The van der Waals surface area contributed by atoms with Gasteiger partial charge in [-0.2, -0.15) is 0 Å². The number of hydrogen-bond donors (Lipinski definition) is 2. The summed E-state index contributed by atoms with van der Waals surface area (Å²) in [6.45, 7) is -0.589. The molecule has 0 aliphatic carbocycles. The molecule has 0 saturated carbocycles. The van der Waals surface area contributed by atoms with Gasteiger partial charge in [0.1, 0.15) is 0 Å². The molecule has 0 unspecified atom stereocenters. The molecule has 1 rings (SSSR count). The van der Waals surface area contributed by atoms with Crippen LogP contribution < -0.4 is 11.1 Å². The van der Waals surface area contributed by atoms with Crippen molar-refractivity contribution in [3.8, 4) is 0 Å². The molecule has 0 spiro atoms. The lowest BCUT2D eigenvalue weighted by molar-refractivity contribution is -0.143. The van der Waals surface area contributed by atoms with Gasteiger partial charge in [-0.05, 0) is 17.7 Å². The van der Waals surface area contributed by atoms with E-state index in [1.165, 1.54) is 6.08 Å². The third-order valence-electron chi connectivity index (χ3n) is 1.91. The summed E-state index contributed by atoms with van der Waals surface area (Å²) in [6, 6.07) is 5.90. The standard InChI is InChI=1S/C12H11ClN2O4/c13-9-4-2-1-3-8(9)5-6-11(17)19-7-10(16)15-12(14)18/h1-6H,7H2,(H3,14,15,16,18). The number of imide groups is 1. The minimum Gasteiger partial charge on any atom is -0.452 e. The summed E-state index contributed by atoms with van der Waals surface area (Å²) in [7, 11) is 0. The normalized spacial score (nSPS) is 10.2. The van der Waals surface area contributed by atoms with Crippen LogP contribution in [0.4, 0.5) is 4.79 Å². The third kappa shape index (κ3) is 5.69. The molecular weight excluding hydrogens is 272 g/mol. The molecule has 1 aromatic rings. The molecule has 100 valence electrons. The molecule has 0 saturated heterocycles. The second-order valence-electron chi connectivity index (χ2n) is 3.37. The van der Waals surface area contributed by atoms with Crippen molar-refractivity contribution >= 4 is 35.6 Å². The fourth-order valence-electron chi connectivity index (χ4n) is 1.13. The van der Waals surface area contributed by atoms with E-state index < -0.39 is 24.5 Å². The van der Waals surface area contributed by atoms with Gasteiger partial charge in [-0.3, -0.25) is 10.1 Å². The second kappa shape index (κ2) is 7.17. The van der Waals surface area contributed by atoms with Crippen molar-refractivity contribution in [2.45, 2.75) is 0 Å². The van der Waals surface area contributed by atoms with Crippen molar-refractivity contribution in [2.24, 2.45) is 5.73 Å². The van der Waals surface area contributed by atoms with E-state index >= 15 is 0 Å². The molecule has 0 radical (unpaired) electrons. The number of carbonyl (C=O) groups excluding carboxylic acids is 3. The largest absolute Gasteiger partial charge is 0.452 e. The van der Waals surface area contributed by atoms with Gasteiger partial charge in [-0.1, -0.05) is 29.8 Å². The van der Waals surface area contributed by atoms with Gasteiger partial charge in [0.05, 0.1) is 0 Å². The van der Waals surface area contributed by atoms with Crippen LogP contribution in [0.2, 0.25) is 5.02 Å². The third-order valence-corrected chi connectivity index (χ3v) is 2.26. The zero-order chi connectivity index (χ0) is 14.3. The minimum absolute atomic E-state index is 0.484. The number of halogens is 1. The zero-order valence-corrected chi connectivity index (χ0v) is 10.5. The highest BCUT2D eigenvalue weighted by Gasteiger charge is 2.06. The van der Waals surface area contributed by atoms with E-state index in [1.54, 1.807) is 29.6 Å². The van der Waals surface area contributed by atoms with E-state index in [-0.39, 0.29) is 0 Å². The van der Waals surface area contributed by atoms with Crippen LogP contribution in [0.1, 0.15) is 5.56 Å². The molecule has 0 bridgehead atoms. The highest BCUT2D eigenvalue weighted by Crippen LogP contribution is 2.16. The van der Waals surface area contributed by atoms with E-state index in [2.05, 4.69) is 4.74 Å². The number of nitrogens with two attached hydrogens (primary N) is 1. The Labute approximate surface area is 114 Å². The molecule has 7 heteroatoms. The van der Waals surface area contributed by atoms with Crippen molar-refractivity contribution in [1.29, 1.82) is 0 Å². The second-order valence-corrected chi connectivity index (χ2v) is 3.78. The first-order chi connectivity index (χ1) is 8.99. The van der Waals surface area contributed by atoms with Crippen LogP contribution in [0.15, 0.2) is 30.3 Å². The predicted molar refractivity (Wildman–Crippen MR) is 69.2 cm³/mol. The van der Waals surface area contributed by atoms with E-state index in [0.717, 1.165) is 6.08 Å². The number of primary amides is 1. The van der Waals surface area contributed by atoms with Gasteiger partial charge >= 0.3 is 12.0 Å². The molecule has 1 aromatic carbocycles. The first-order valence-corrected chi connectivity index (χ1v) is 5.55. The Morgan fingerprint density at radius 2 is 2.00 bits per heavy atom. The smallest absolute Gasteiger partial charge is 0.331 e. The number of esters is 1. The zero-order valence-electron chi connectivity index (χ0n) is 9.76. The van der Waals surface area contributed by atoms with Crippen molar-refractivity contribution in [2.75, 3.05) is 6.61 Å². The number of nitrogens with one attached hydrogen (secondary N) is 1. The SMILES string of the molecule is NC(=O)NC(=O)COC(=O)C=Cc1ccccc1Cl. The number of hydrogen-bond acceptors (Lipinski definition) is 4. The number of carbonyl (C=O) groups is 3. The van der Waals surface area contributed by atoms with Crippen LogP contribution in [0.5, 0.6) is 0 Å². The summed E-state index contributed by atoms with van der Waals surface area (Å²) in [5.74, 6) is -1.54. The van der Waals surface area contributed by atoms with E-state index in [0.29, 0.717) is 10.6 Å². The molecule has 0 fully saturated rings. The lowest BCUT2D eigenvalue weighted by Gasteiger charge is -2.01. The summed E-state index contributed by atoms with van der Waals surface area (Å²) in [5, 5.41) is 2.24. The molecule has 0 atom stereocenters. The lowest BCUT2D eigenvalue weighted by Crippen LogP contribution is -2.37. The maximum atomic E-state index is 11.3. The van der Waals surface area contributed by atoms with Gasteiger partial charge in [0.2, 0.25) is 0 Å². The number of urea groups is 1. The summed E-state index contributed by atoms with van der Waals surface area (Å²) in [5.41, 5.74) is 5.35. The first kappa shape index (κ1) is 14.7. The number of rotatable bonds is 4. The van der Waals surface area contributed by atoms with Gasteiger partial charge in [0, 0.05) is 11.1 Å². The Kier molecular flexibility index (Phi) is 5.56. The van der Waals surface area contributed by atoms with Gasteiger partial charge in [-0.25, -0.2) is 9.59 Å². The first-order valence-electron chi connectivity index (χ1n) is 5.17. The predicted octanol–water partition coefficient (Wildman–Crippen LogP) is 1.09. The van der Waals surface area contributed by atoms with Gasteiger partial charge in [0.15, 0.2) is 6.61 Å².